The molecule has 1 fully saturated rings. The van der Waals surface area contributed by atoms with Gasteiger partial charge in [-0.05, 0) is 31.4 Å². The summed E-state index contributed by atoms with van der Waals surface area (Å²) >= 11 is 1.95. The summed E-state index contributed by atoms with van der Waals surface area (Å²) in [6.07, 6.45) is 6.22. The SMILES string of the molecule is CSCCCCCNCC1(C)COC1. The molecule has 84 valence electrons. The first-order chi connectivity index (χ1) is 6.77. The standard InChI is InChI=1S/C11H23NOS/c1-11(9-13-10-11)8-12-6-4-3-5-7-14-2/h12H,3-10H2,1-2H3. The first-order valence-corrected chi connectivity index (χ1v) is 6.94. The molecule has 0 aromatic rings. The molecule has 0 aromatic carbocycles. The van der Waals surface area contributed by atoms with Gasteiger partial charge < -0.3 is 10.1 Å². The van der Waals surface area contributed by atoms with Gasteiger partial charge in [0.2, 0.25) is 0 Å². The summed E-state index contributed by atoms with van der Waals surface area (Å²) in [5.41, 5.74) is 0.430. The number of ether oxygens (including phenoxy) is 1. The lowest BCUT2D eigenvalue weighted by molar-refractivity contribution is -0.0989. The van der Waals surface area contributed by atoms with Crippen LogP contribution in [0.2, 0.25) is 0 Å². The Morgan fingerprint density at radius 3 is 2.64 bits per heavy atom. The van der Waals surface area contributed by atoms with Gasteiger partial charge >= 0.3 is 0 Å². The van der Waals surface area contributed by atoms with Crippen molar-refractivity contribution in [2.24, 2.45) is 5.41 Å². The summed E-state index contributed by atoms with van der Waals surface area (Å²) in [6.45, 7) is 6.45. The third-order valence-electron chi connectivity index (χ3n) is 2.65. The van der Waals surface area contributed by atoms with Gasteiger partial charge in [-0.15, -0.1) is 0 Å². The van der Waals surface area contributed by atoms with Crippen molar-refractivity contribution < 1.29 is 4.74 Å². The Balaban J connectivity index is 1.80. The first kappa shape index (κ1) is 12.3. The number of hydrogen-bond donors (Lipinski definition) is 1. The van der Waals surface area contributed by atoms with Gasteiger partial charge in [0.15, 0.2) is 0 Å². The van der Waals surface area contributed by atoms with E-state index < -0.39 is 0 Å². The normalized spacial score (nSPS) is 19.3. The fraction of sp³-hybridized carbons (Fsp3) is 1.00. The van der Waals surface area contributed by atoms with Crippen molar-refractivity contribution in [2.75, 3.05) is 38.3 Å². The monoisotopic (exact) mass is 217 g/mol. The summed E-state index contributed by atoms with van der Waals surface area (Å²) in [6, 6.07) is 0. The van der Waals surface area contributed by atoms with Crippen LogP contribution >= 0.6 is 11.8 Å². The molecular weight excluding hydrogens is 194 g/mol. The fourth-order valence-electron chi connectivity index (χ4n) is 1.62. The van der Waals surface area contributed by atoms with Gasteiger partial charge in [-0.25, -0.2) is 0 Å². The Hall–Kier alpha value is 0.270. The van der Waals surface area contributed by atoms with E-state index in [1.54, 1.807) is 0 Å². The zero-order valence-electron chi connectivity index (χ0n) is 9.47. The molecule has 1 aliphatic rings. The molecule has 0 amide bonds. The predicted molar refractivity (Wildman–Crippen MR) is 64.0 cm³/mol. The zero-order chi connectivity index (χ0) is 10.3. The van der Waals surface area contributed by atoms with Crippen LogP contribution in [0.25, 0.3) is 0 Å². The van der Waals surface area contributed by atoms with E-state index in [2.05, 4.69) is 18.5 Å². The highest BCUT2D eigenvalue weighted by atomic mass is 32.2. The molecule has 3 heteroatoms. The molecule has 1 aliphatic heterocycles. The van der Waals surface area contributed by atoms with Crippen molar-refractivity contribution >= 4 is 11.8 Å². The van der Waals surface area contributed by atoms with Crippen molar-refractivity contribution in [1.29, 1.82) is 0 Å². The molecule has 1 saturated heterocycles. The van der Waals surface area contributed by atoms with Crippen LogP contribution in [-0.4, -0.2) is 38.3 Å². The molecule has 0 spiro atoms. The molecule has 0 radical (unpaired) electrons. The topological polar surface area (TPSA) is 21.3 Å². The van der Waals surface area contributed by atoms with E-state index in [1.807, 2.05) is 11.8 Å². The molecule has 1 rings (SSSR count). The molecule has 1 N–H and O–H groups in total. The van der Waals surface area contributed by atoms with Gasteiger partial charge in [0.05, 0.1) is 13.2 Å². The molecule has 0 aromatic heterocycles. The van der Waals surface area contributed by atoms with E-state index in [0.29, 0.717) is 5.41 Å². The molecule has 0 saturated carbocycles. The third kappa shape index (κ3) is 4.67. The predicted octanol–water partition coefficient (Wildman–Crippen LogP) is 2.15. The van der Waals surface area contributed by atoms with Crippen LogP contribution in [0.5, 0.6) is 0 Å². The maximum atomic E-state index is 5.21. The summed E-state index contributed by atoms with van der Waals surface area (Å²) in [7, 11) is 0. The quantitative estimate of drug-likeness (QED) is 0.630. The maximum absolute atomic E-state index is 5.21. The molecule has 0 bridgehead atoms. The maximum Gasteiger partial charge on any atom is 0.0554 e. The van der Waals surface area contributed by atoms with Gasteiger partial charge in [0, 0.05) is 12.0 Å². The minimum atomic E-state index is 0.430. The Kier molecular flexibility index (Phi) is 5.90. The minimum Gasteiger partial charge on any atom is -0.380 e. The van der Waals surface area contributed by atoms with Crippen LogP contribution in [0.15, 0.2) is 0 Å². The average molecular weight is 217 g/mol. The van der Waals surface area contributed by atoms with Crippen molar-refractivity contribution in [1.82, 2.24) is 5.32 Å². The van der Waals surface area contributed by atoms with Crippen LogP contribution in [0.3, 0.4) is 0 Å². The molecule has 2 nitrogen and oxygen atoms in total. The number of unbranched alkanes of at least 4 members (excludes halogenated alkanes) is 2. The molecule has 0 atom stereocenters. The van der Waals surface area contributed by atoms with Crippen LogP contribution in [-0.2, 0) is 4.74 Å². The van der Waals surface area contributed by atoms with Crippen LogP contribution in [0.1, 0.15) is 26.2 Å². The Bertz CT molecular complexity index is 148. The first-order valence-electron chi connectivity index (χ1n) is 5.54. The lowest BCUT2D eigenvalue weighted by Crippen LogP contribution is -2.47. The van der Waals surface area contributed by atoms with E-state index in [9.17, 15) is 0 Å². The van der Waals surface area contributed by atoms with E-state index in [0.717, 1.165) is 19.8 Å². The van der Waals surface area contributed by atoms with E-state index in [-0.39, 0.29) is 0 Å². The molecule has 1 heterocycles. The average Bonchev–Trinajstić information content (AvgIpc) is 2.14. The summed E-state index contributed by atoms with van der Waals surface area (Å²) < 4.78 is 5.21. The number of rotatable bonds is 8. The van der Waals surface area contributed by atoms with Crippen LogP contribution in [0, 0.1) is 5.41 Å². The van der Waals surface area contributed by atoms with Gasteiger partial charge in [0.25, 0.3) is 0 Å². The Labute approximate surface area is 92.2 Å². The second-order valence-corrected chi connectivity index (χ2v) is 5.52. The smallest absolute Gasteiger partial charge is 0.0554 e. The number of nitrogens with one attached hydrogen (secondary N) is 1. The highest BCUT2D eigenvalue weighted by Gasteiger charge is 2.32. The van der Waals surface area contributed by atoms with Crippen LogP contribution in [0.4, 0.5) is 0 Å². The van der Waals surface area contributed by atoms with Gasteiger partial charge in [-0.2, -0.15) is 11.8 Å². The van der Waals surface area contributed by atoms with Crippen molar-refractivity contribution in [3.63, 3.8) is 0 Å². The van der Waals surface area contributed by atoms with Gasteiger partial charge in [-0.1, -0.05) is 13.3 Å². The minimum absolute atomic E-state index is 0.430. The van der Waals surface area contributed by atoms with Crippen molar-refractivity contribution in [2.45, 2.75) is 26.2 Å². The van der Waals surface area contributed by atoms with Gasteiger partial charge in [-0.3, -0.25) is 0 Å². The van der Waals surface area contributed by atoms with E-state index in [1.165, 1.54) is 31.6 Å². The molecule has 14 heavy (non-hydrogen) atoms. The lowest BCUT2D eigenvalue weighted by Gasteiger charge is -2.38. The second-order valence-electron chi connectivity index (χ2n) is 4.53. The highest BCUT2D eigenvalue weighted by Crippen LogP contribution is 2.24. The highest BCUT2D eigenvalue weighted by molar-refractivity contribution is 7.98. The summed E-state index contributed by atoms with van der Waals surface area (Å²) in [5.74, 6) is 1.31. The zero-order valence-corrected chi connectivity index (χ0v) is 10.3. The summed E-state index contributed by atoms with van der Waals surface area (Å²) in [4.78, 5) is 0. The van der Waals surface area contributed by atoms with Crippen LogP contribution < -0.4 is 5.32 Å². The molecular formula is C11H23NOS. The van der Waals surface area contributed by atoms with Gasteiger partial charge in [0.1, 0.15) is 0 Å². The lowest BCUT2D eigenvalue weighted by atomic mass is 9.89. The van der Waals surface area contributed by atoms with Crippen molar-refractivity contribution in [3.8, 4) is 0 Å². The van der Waals surface area contributed by atoms with Crippen molar-refractivity contribution in [3.05, 3.63) is 0 Å². The molecule has 0 unspecified atom stereocenters. The van der Waals surface area contributed by atoms with E-state index in [4.69, 9.17) is 4.74 Å². The largest absolute Gasteiger partial charge is 0.380 e. The number of hydrogen-bond acceptors (Lipinski definition) is 3. The second kappa shape index (κ2) is 6.70. The summed E-state index contributed by atoms with van der Waals surface area (Å²) in [5, 5.41) is 3.52. The molecule has 0 aliphatic carbocycles. The third-order valence-corrected chi connectivity index (χ3v) is 3.35. The Morgan fingerprint density at radius 2 is 2.07 bits per heavy atom. The van der Waals surface area contributed by atoms with E-state index >= 15 is 0 Å². The Morgan fingerprint density at radius 1 is 1.29 bits per heavy atom. The number of thioether (sulfide) groups is 1. The fourth-order valence-corrected chi connectivity index (χ4v) is 2.11.